The molecule has 0 radical (unpaired) electrons. The molecule has 1 N–H and O–H groups in total. The number of fused-ring (bicyclic) bond motifs is 1. The zero-order valence-corrected chi connectivity index (χ0v) is 22.7. The predicted octanol–water partition coefficient (Wildman–Crippen LogP) is 1.31. The van der Waals surface area contributed by atoms with Gasteiger partial charge in [0.2, 0.25) is 11.8 Å². The van der Waals surface area contributed by atoms with E-state index in [1.54, 1.807) is 40.6 Å². The molecule has 4 aliphatic heterocycles. The van der Waals surface area contributed by atoms with Crippen molar-refractivity contribution in [2.75, 3.05) is 59.2 Å². The van der Waals surface area contributed by atoms with Crippen molar-refractivity contribution in [1.82, 2.24) is 14.7 Å². The van der Waals surface area contributed by atoms with Gasteiger partial charge in [0.15, 0.2) is 0 Å². The molecule has 206 valence electrons. The molecule has 2 amide bonds. The number of amides is 2. The maximum Gasteiger partial charge on any atom is 0.310 e. The number of likely N-dealkylation sites (tertiary alicyclic amines) is 1. The highest BCUT2D eigenvalue weighted by Crippen LogP contribution is 2.66. The van der Waals surface area contributed by atoms with Gasteiger partial charge in [-0.05, 0) is 32.6 Å². The van der Waals surface area contributed by atoms with Crippen LogP contribution in [0.25, 0.3) is 0 Å². The molecular formula is C27H41N3O6S. The average molecular weight is 536 g/mol. The molecule has 1 spiro atoms. The number of aliphatic hydroxyl groups is 1. The molecule has 2 bridgehead atoms. The van der Waals surface area contributed by atoms with E-state index in [0.717, 1.165) is 25.9 Å². The number of allylic oxidation sites excluding steroid dienone is 1. The topological polar surface area (TPSA) is 99.6 Å². The van der Waals surface area contributed by atoms with Crippen molar-refractivity contribution in [3.8, 4) is 0 Å². The Morgan fingerprint density at radius 1 is 1.32 bits per heavy atom. The Labute approximate surface area is 224 Å². The maximum absolute atomic E-state index is 14.3. The van der Waals surface area contributed by atoms with Gasteiger partial charge in [-0.1, -0.05) is 12.2 Å². The summed E-state index contributed by atoms with van der Waals surface area (Å²) >= 11 is 1.62. The summed E-state index contributed by atoms with van der Waals surface area (Å²) in [6, 6.07) is -1.26. The molecule has 9 nitrogen and oxygen atoms in total. The second-order valence-electron chi connectivity index (χ2n) is 10.5. The number of nitrogens with zero attached hydrogens (tertiary/aromatic N) is 3. The molecule has 37 heavy (non-hydrogen) atoms. The number of morpholine rings is 1. The third-order valence-corrected chi connectivity index (χ3v) is 10.2. The van der Waals surface area contributed by atoms with Crippen LogP contribution in [-0.2, 0) is 23.9 Å². The van der Waals surface area contributed by atoms with Crippen molar-refractivity contribution in [1.29, 1.82) is 0 Å². The molecule has 0 aromatic rings. The van der Waals surface area contributed by atoms with Crippen LogP contribution in [0.4, 0.5) is 0 Å². The van der Waals surface area contributed by atoms with Crippen LogP contribution in [0.15, 0.2) is 25.3 Å². The van der Waals surface area contributed by atoms with E-state index in [1.165, 1.54) is 0 Å². The SMILES string of the molecule is C=CCCCOC(=O)[C@@H]1[C@H]2C(=O)N([C@H](C)CO)C(C(=O)N(CC=C)CCN3CCOCC3)C23CC[C@H]1S3. The molecule has 2 unspecified atom stereocenters. The highest BCUT2D eigenvalue weighted by atomic mass is 32.2. The van der Waals surface area contributed by atoms with E-state index in [-0.39, 0.29) is 29.6 Å². The summed E-state index contributed by atoms with van der Waals surface area (Å²) in [6.45, 7) is 14.0. The highest BCUT2D eigenvalue weighted by Gasteiger charge is 2.74. The summed E-state index contributed by atoms with van der Waals surface area (Å²) in [5, 5.41) is 10.0. The predicted molar refractivity (Wildman–Crippen MR) is 142 cm³/mol. The molecule has 0 aliphatic carbocycles. The highest BCUT2D eigenvalue weighted by molar-refractivity contribution is 8.02. The van der Waals surface area contributed by atoms with E-state index in [9.17, 15) is 19.5 Å². The van der Waals surface area contributed by atoms with Gasteiger partial charge in [-0.25, -0.2) is 0 Å². The van der Waals surface area contributed by atoms with Crippen LogP contribution in [0.3, 0.4) is 0 Å². The lowest BCUT2D eigenvalue weighted by atomic mass is 9.71. The number of carbonyl (C=O) groups is 3. The maximum atomic E-state index is 14.3. The van der Waals surface area contributed by atoms with Gasteiger partial charge in [0.25, 0.3) is 0 Å². The van der Waals surface area contributed by atoms with E-state index in [1.807, 2.05) is 0 Å². The number of thioether (sulfide) groups is 1. The number of rotatable bonds is 13. The van der Waals surface area contributed by atoms with Crippen molar-refractivity contribution in [3.05, 3.63) is 25.3 Å². The van der Waals surface area contributed by atoms with E-state index >= 15 is 0 Å². The lowest BCUT2D eigenvalue weighted by molar-refractivity contribution is -0.154. The smallest absolute Gasteiger partial charge is 0.310 e. The Morgan fingerprint density at radius 2 is 2.08 bits per heavy atom. The van der Waals surface area contributed by atoms with Crippen molar-refractivity contribution >= 4 is 29.5 Å². The average Bonchev–Trinajstić information content (AvgIpc) is 3.56. The van der Waals surface area contributed by atoms with Gasteiger partial charge in [-0.15, -0.1) is 24.9 Å². The summed E-state index contributed by atoms with van der Waals surface area (Å²) in [5.41, 5.74) is 0. The van der Waals surface area contributed by atoms with Crippen molar-refractivity contribution in [3.63, 3.8) is 0 Å². The molecule has 4 fully saturated rings. The number of aliphatic hydroxyl groups excluding tert-OH is 1. The van der Waals surface area contributed by atoms with Crippen LogP contribution in [-0.4, -0.2) is 119 Å². The number of hydrogen-bond donors (Lipinski definition) is 1. The first-order valence-electron chi connectivity index (χ1n) is 13.5. The normalized spacial score (nSPS) is 31.7. The minimum absolute atomic E-state index is 0.0380. The zero-order valence-electron chi connectivity index (χ0n) is 21.9. The van der Waals surface area contributed by atoms with Crippen LogP contribution in [0, 0.1) is 11.8 Å². The Balaban J connectivity index is 1.58. The molecule has 0 saturated carbocycles. The van der Waals surface area contributed by atoms with Gasteiger partial charge in [0, 0.05) is 38.0 Å². The molecule has 0 aromatic carbocycles. The van der Waals surface area contributed by atoms with E-state index in [2.05, 4.69) is 18.1 Å². The van der Waals surface area contributed by atoms with Gasteiger partial charge in [0.05, 0.1) is 49.1 Å². The van der Waals surface area contributed by atoms with E-state index in [4.69, 9.17) is 9.47 Å². The van der Waals surface area contributed by atoms with E-state index in [0.29, 0.717) is 52.3 Å². The molecule has 10 heteroatoms. The molecule has 4 aliphatic rings. The zero-order chi connectivity index (χ0) is 26.6. The Bertz CT molecular complexity index is 880. The lowest BCUT2D eigenvalue weighted by Crippen LogP contribution is -2.57. The van der Waals surface area contributed by atoms with Gasteiger partial charge < -0.3 is 24.4 Å². The standard InChI is InChI=1S/C27H41N3O6S/c1-4-6-7-15-36-26(34)21-20-8-9-27(37-20)22(21)24(32)30(19(3)18-31)23(27)25(33)29(10-5-2)12-11-28-13-16-35-17-14-28/h4-5,19-23,31H,1-2,6-18H2,3H3/t19-,20-,21+,22+,23?,27?/m1/s1. The minimum Gasteiger partial charge on any atom is -0.465 e. The molecule has 4 heterocycles. The van der Waals surface area contributed by atoms with Gasteiger partial charge >= 0.3 is 5.97 Å². The first kappa shape index (κ1) is 28.1. The van der Waals surface area contributed by atoms with Crippen LogP contribution in [0.1, 0.15) is 32.6 Å². The lowest BCUT2D eigenvalue weighted by Gasteiger charge is -2.39. The largest absolute Gasteiger partial charge is 0.465 e. The second-order valence-corrected chi connectivity index (χ2v) is 12.1. The summed E-state index contributed by atoms with van der Waals surface area (Å²) < 4.78 is 10.4. The first-order chi connectivity index (χ1) is 17.9. The Kier molecular flexibility index (Phi) is 9.37. The fourth-order valence-corrected chi connectivity index (χ4v) is 8.59. The molecular weight excluding hydrogens is 494 g/mol. The van der Waals surface area contributed by atoms with Gasteiger partial charge in [-0.3, -0.25) is 19.3 Å². The molecule has 4 saturated heterocycles. The number of unbranched alkanes of at least 4 members (excludes halogenated alkanes) is 1. The fraction of sp³-hybridized carbons (Fsp3) is 0.741. The van der Waals surface area contributed by atoms with Crippen molar-refractivity contribution in [2.45, 2.75) is 54.7 Å². The molecule has 0 aromatic heterocycles. The third-order valence-electron chi connectivity index (χ3n) is 8.23. The van der Waals surface area contributed by atoms with Crippen molar-refractivity contribution in [2.24, 2.45) is 11.8 Å². The molecule has 4 rings (SSSR count). The number of hydrogen-bond acceptors (Lipinski definition) is 8. The summed E-state index contributed by atoms with van der Waals surface area (Å²) in [7, 11) is 0. The number of carbonyl (C=O) groups excluding carboxylic acids is 3. The Hall–Kier alpha value is -1.88. The minimum atomic E-state index is -0.731. The second kappa shape index (κ2) is 12.3. The first-order valence-corrected chi connectivity index (χ1v) is 14.4. The fourth-order valence-electron chi connectivity index (χ4n) is 6.40. The molecule has 6 atom stereocenters. The third kappa shape index (κ3) is 5.35. The summed E-state index contributed by atoms with van der Waals surface area (Å²) in [4.78, 5) is 47.0. The Morgan fingerprint density at radius 3 is 2.76 bits per heavy atom. The number of ether oxygens (including phenoxy) is 2. The van der Waals surface area contributed by atoms with Crippen LogP contribution in [0.2, 0.25) is 0 Å². The van der Waals surface area contributed by atoms with Crippen LogP contribution >= 0.6 is 11.8 Å². The number of esters is 1. The van der Waals surface area contributed by atoms with Gasteiger partial charge in [-0.2, -0.15) is 0 Å². The quantitative estimate of drug-likeness (QED) is 0.214. The summed E-state index contributed by atoms with van der Waals surface area (Å²) in [5.74, 6) is -1.87. The summed E-state index contributed by atoms with van der Waals surface area (Å²) in [6.07, 6.45) is 6.40. The van der Waals surface area contributed by atoms with Crippen LogP contribution in [0.5, 0.6) is 0 Å². The van der Waals surface area contributed by atoms with E-state index < -0.39 is 28.7 Å². The van der Waals surface area contributed by atoms with Gasteiger partial charge in [0.1, 0.15) is 6.04 Å². The monoisotopic (exact) mass is 535 g/mol. The van der Waals surface area contributed by atoms with Crippen LogP contribution < -0.4 is 0 Å². The van der Waals surface area contributed by atoms with Crippen molar-refractivity contribution < 1.29 is 29.0 Å².